The largest absolute Gasteiger partial charge is 0.354 e. The molecule has 4 rings (SSSR count). The van der Waals surface area contributed by atoms with E-state index in [0.717, 1.165) is 37.7 Å². The van der Waals surface area contributed by atoms with Crippen molar-refractivity contribution in [1.29, 1.82) is 0 Å². The summed E-state index contributed by atoms with van der Waals surface area (Å²) in [5.74, 6) is 0.919. The number of anilines is 1. The van der Waals surface area contributed by atoms with Crippen LogP contribution in [0.15, 0.2) is 47.7 Å². The van der Waals surface area contributed by atoms with Crippen LogP contribution in [0.5, 0.6) is 0 Å². The minimum absolute atomic E-state index is 0.145. The van der Waals surface area contributed by atoms with Crippen LogP contribution in [0.3, 0.4) is 0 Å². The van der Waals surface area contributed by atoms with Crippen LogP contribution >= 0.6 is 0 Å². The molecule has 0 unspecified atom stereocenters. The number of rotatable bonds is 3. The smallest absolute Gasteiger partial charge is 0.209 e. The number of nitrogens with one attached hydrogen (secondary N) is 1. The molecule has 8 nitrogen and oxygen atoms in total. The maximum absolute atomic E-state index is 12.1. The van der Waals surface area contributed by atoms with Gasteiger partial charge in [-0.15, -0.1) is 0 Å². The van der Waals surface area contributed by atoms with Crippen molar-refractivity contribution in [1.82, 2.24) is 29.9 Å². The van der Waals surface area contributed by atoms with Gasteiger partial charge in [0.1, 0.15) is 5.82 Å². The van der Waals surface area contributed by atoms with Crippen molar-refractivity contribution in [3.63, 3.8) is 0 Å². The Balaban J connectivity index is 1.70. The van der Waals surface area contributed by atoms with E-state index in [2.05, 4.69) is 37.1 Å². The second-order valence-corrected chi connectivity index (χ2v) is 6.08. The number of pyridine rings is 1. The molecule has 1 saturated heterocycles. The zero-order valence-corrected chi connectivity index (χ0v) is 14.0. The SMILES string of the molecule is CN1CCN(c2cc(-n3nccc3-c3n[nH]ccc3=O)ccn2)CC1. The summed E-state index contributed by atoms with van der Waals surface area (Å²) in [7, 11) is 2.13. The molecule has 0 aromatic carbocycles. The summed E-state index contributed by atoms with van der Waals surface area (Å²) < 4.78 is 1.72. The fourth-order valence-electron chi connectivity index (χ4n) is 2.97. The summed E-state index contributed by atoms with van der Waals surface area (Å²) in [6, 6.07) is 7.13. The second-order valence-electron chi connectivity index (χ2n) is 6.08. The van der Waals surface area contributed by atoms with Crippen LogP contribution in [-0.2, 0) is 0 Å². The lowest BCUT2D eigenvalue weighted by Gasteiger charge is -2.33. The highest BCUT2D eigenvalue weighted by molar-refractivity contribution is 5.58. The number of nitrogens with zero attached hydrogens (tertiary/aromatic N) is 6. The topological polar surface area (TPSA) is 82.9 Å². The van der Waals surface area contributed by atoms with Crippen molar-refractivity contribution < 1.29 is 0 Å². The lowest BCUT2D eigenvalue weighted by molar-refractivity contribution is 0.312. The quantitative estimate of drug-likeness (QED) is 0.760. The number of aromatic amines is 1. The van der Waals surface area contributed by atoms with Crippen molar-refractivity contribution in [3.05, 3.63) is 53.1 Å². The van der Waals surface area contributed by atoms with Gasteiger partial charge >= 0.3 is 0 Å². The van der Waals surface area contributed by atoms with Gasteiger partial charge in [-0.05, 0) is 19.2 Å². The molecule has 0 saturated carbocycles. The van der Waals surface area contributed by atoms with Crippen molar-refractivity contribution >= 4 is 5.82 Å². The average molecular weight is 337 g/mol. The number of aromatic nitrogens is 5. The fraction of sp³-hybridized carbons (Fsp3) is 0.294. The van der Waals surface area contributed by atoms with E-state index in [1.807, 2.05) is 12.1 Å². The molecule has 0 spiro atoms. The van der Waals surface area contributed by atoms with Crippen LogP contribution in [0.4, 0.5) is 5.82 Å². The lowest BCUT2D eigenvalue weighted by Crippen LogP contribution is -2.44. The Morgan fingerprint density at radius 2 is 1.92 bits per heavy atom. The number of H-pyrrole nitrogens is 1. The Kier molecular flexibility index (Phi) is 4.02. The highest BCUT2D eigenvalue weighted by Gasteiger charge is 2.17. The molecule has 0 radical (unpaired) electrons. The molecule has 1 fully saturated rings. The average Bonchev–Trinajstić information content (AvgIpc) is 3.12. The number of piperazine rings is 1. The first-order valence-corrected chi connectivity index (χ1v) is 8.21. The zero-order valence-electron chi connectivity index (χ0n) is 14.0. The van der Waals surface area contributed by atoms with E-state index >= 15 is 0 Å². The van der Waals surface area contributed by atoms with Crippen molar-refractivity contribution in [2.75, 3.05) is 38.1 Å². The monoisotopic (exact) mass is 337 g/mol. The van der Waals surface area contributed by atoms with Gasteiger partial charge in [0.25, 0.3) is 0 Å². The molecule has 25 heavy (non-hydrogen) atoms. The molecule has 3 aromatic rings. The Hall–Kier alpha value is -3.00. The van der Waals surface area contributed by atoms with Crippen LogP contribution in [-0.4, -0.2) is 63.1 Å². The Morgan fingerprint density at radius 3 is 2.72 bits per heavy atom. The van der Waals surface area contributed by atoms with Crippen LogP contribution in [0.1, 0.15) is 0 Å². The third-order valence-electron chi connectivity index (χ3n) is 4.41. The van der Waals surface area contributed by atoms with E-state index in [1.165, 1.54) is 12.3 Å². The van der Waals surface area contributed by atoms with E-state index in [1.54, 1.807) is 23.1 Å². The predicted octanol–water partition coefficient (Wildman–Crippen LogP) is 0.769. The van der Waals surface area contributed by atoms with Crippen molar-refractivity contribution in [2.45, 2.75) is 0 Å². The summed E-state index contributed by atoms with van der Waals surface area (Å²) in [6.45, 7) is 3.92. The van der Waals surface area contributed by atoms with E-state index in [-0.39, 0.29) is 5.43 Å². The maximum Gasteiger partial charge on any atom is 0.209 e. The van der Waals surface area contributed by atoms with Gasteiger partial charge in [0.15, 0.2) is 5.69 Å². The van der Waals surface area contributed by atoms with Gasteiger partial charge in [-0.3, -0.25) is 9.89 Å². The summed E-state index contributed by atoms with van der Waals surface area (Å²) in [5, 5.41) is 11.2. The molecule has 0 aliphatic carbocycles. The molecule has 0 atom stereocenters. The normalized spacial score (nSPS) is 15.5. The van der Waals surface area contributed by atoms with Crippen molar-refractivity contribution in [2.24, 2.45) is 0 Å². The van der Waals surface area contributed by atoms with Crippen LogP contribution in [0, 0.1) is 0 Å². The van der Waals surface area contributed by atoms with Gasteiger partial charge in [0.2, 0.25) is 5.43 Å². The predicted molar refractivity (Wildman–Crippen MR) is 94.9 cm³/mol. The number of hydrogen-bond acceptors (Lipinski definition) is 6. The van der Waals surface area contributed by atoms with Gasteiger partial charge in [0, 0.05) is 50.7 Å². The zero-order chi connectivity index (χ0) is 17.2. The minimum Gasteiger partial charge on any atom is -0.354 e. The molecule has 128 valence electrons. The van der Waals surface area contributed by atoms with Gasteiger partial charge < -0.3 is 9.80 Å². The standard InChI is InChI=1S/C17H19N7O/c1-22-8-10-23(11-9-22)16-12-13(2-5-18-16)24-14(3-7-20-24)17-15(25)4-6-19-21-17/h2-7,12H,8-11H2,1H3,(H,19,25). The first kappa shape index (κ1) is 15.5. The minimum atomic E-state index is -0.145. The third kappa shape index (κ3) is 3.03. The van der Waals surface area contributed by atoms with Gasteiger partial charge in [-0.25, -0.2) is 9.67 Å². The molecule has 0 bridgehead atoms. The van der Waals surface area contributed by atoms with Gasteiger partial charge in [-0.1, -0.05) is 0 Å². The Bertz CT molecular complexity index is 924. The fourth-order valence-corrected chi connectivity index (χ4v) is 2.97. The maximum atomic E-state index is 12.1. The van der Waals surface area contributed by atoms with E-state index in [0.29, 0.717) is 11.4 Å². The molecule has 0 amide bonds. The third-order valence-corrected chi connectivity index (χ3v) is 4.41. The molecule has 3 aromatic heterocycles. The van der Waals surface area contributed by atoms with Gasteiger partial charge in [0.05, 0.1) is 17.6 Å². The molecule has 8 heteroatoms. The highest BCUT2D eigenvalue weighted by Crippen LogP contribution is 2.21. The van der Waals surface area contributed by atoms with E-state index < -0.39 is 0 Å². The molecular weight excluding hydrogens is 318 g/mol. The summed E-state index contributed by atoms with van der Waals surface area (Å²) in [5.41, 5.74) is 1.71. The number of likely N-dealkylation sites (N-methyl/N-ethyl adjacent to an activating group) is 1. The van der Waals surface area contributed by atoms with E-state index in [4.69, 9.17) is 0 Å². The Morgan fingerprint density at radius 1 is 1.08 bits per heavy atom. The van der Waals surface area contributed by atoms with Crippen LogP contribution in [0.25, 0.3) is 17.1 Å². The summed E-state index contributed by atoms with van der Waals surface area (Å²) in [6.07, 6.45) is 4.96. The van der Waals surface area contributed by atoms with E-state index in [9.17, 15) is 4.79 Å². The Labute approximate surface area is 144 Å². The summed E-state index contributed by atoms with van der Waals surface area (Å²) >= 11 is 0. The molecule has 1 aliphatic heterocycles. The molecule has 1 aliphatic rings. The molecule has 4 heterocycles. The highest BCUT2D eigenvalue weighted by atomic mass is 16.1. The first-order valence-electron chi connectivity index (χ1n) is 8.21. The number of hydrogen-bond donors (Lipinski definition) is 1. The van der Waals surface area contributed by atoms with Crippen LogP contribution < -0.4 is 10.3 Å². The second kappa shape index (κ2) is 6.48. The lowest BCUT2D eigenvalue weighted by atomic mass is 10.2. The summed E-state index contributed by atoms with van der Waals surface area (Å²) in [4.78, 5) is 21.2. The van der Waals surface area contributed by atoms with Crippen molar-refractivity contribution in [3.8, 4) is 17.1 Å². The molecule has 1 N–H and O–H groups in total. The first-order chi connectivity index (χ1) is 12.2. The van der Waals surface area contributed by atoms with Gasteiger partial charge in [-0.2, -0.15) is 10.2 Å². The molecular formula is C17H19N7O. The van der Waals surface area contributed by atoms with Crippen LogP contribution in [0.2, 0.25) is 0 Å².